The smallest absolute Gasteiger partial charge is 0.171 e. The summed E-state index contributed by atoms with van der Waals surface area (Å²) in [7, 11) is 0. The van der Waals surface area contributed by atoms with Crippen LogP contribution in [0.25, 0.3) is 11.3 Å². The molecule has 0 unspecified atom stereocenters. The molecule has 2 aromatic carbocycles. The summed E-state index contributed by atoms with van der Waals surface area (Å²) >= 11 is 17.3. The molecular formula is C23H18Cl2FN5S. The molecule has 32 heavy (non-hydrogen) atoms. The van der Waals surface area contributed by atoms with Gasteiger partial charge in [0.25, 0.3) is 0 Å². The number of rotatable bonds is 6. The number of thiocarbonyl (C=S) groups is 1. The number of nitrogens with one attached hydrogen (secondary N) is 2. The van der Waals surface area contributed by atoms with Crippen molar-refractivity contribution in [3.05, 3.63) is 100 Å². The van der Waals surface area contributed by atoms with Crippen molar-refractivity contribution >= 4 is 46.2 Å². The largest absolute Gasteiger partial charge is 0.358 e. The minimum atomic E-state index is -0.589. The summed E-state index contributed by atoms with van der Waals surface area (Å²) in [5.41, 5.74) is 4.25. The van der Waals surface area contributed by atoms with Crippen LogP contribution in [0.3, 0.4) is 0 Å². The second-order valence-electron chi connectivity index (χ2n) is 6.95. The van der Waals surface area contributed by atoms with E-state index in [2.05, 4.69) is 32.8 Å². The van der Waals surface area contributed by atoms with Crippen LogP contribution in [0.5, 0.6) is 0 Å². The van der Waals surface area contributed by atoms with Crippen LogP contribution >= 0.6 is 35.4 Å². The normalized spacial score (nSPS) is 10.7. The molecule has 5 nitrogen and oxygen atoms in total. The second kappa shape index (κ2) is 10.1. The van der Waals surface area contributed by atoms with Gasteiger partial charge in [-0.1, -0.05) is 59.6 Å². The van der Waals surface area contributed by atoms with Gasteiger partial charge < -0.3 is 10.6 Å². The maximum atomic E-state index is 13.5. The van der Waals surface area contributed by atoms with Gasteiger partial charge in [-0.15, -0.1) is 0 Å². The summed E-state index contributed by atoms with van der Waals surface area (Å²) in [5.74, 6) is -0.589. The van der Waals surface area contributed by atoms with E-state index in [0.29, 0.717) is 23.9 Å². The van der Waals surface area contributed by atoms with Crippen molar-refractivity contribution in [2.24, 2.45) is 0 Å². The van der Waals surface area contributed by atoms with Gasteiger partial charge >= 0.3 is 0 Å². The van der Waals surface area contributed by atoms with Gasteiger partial charge in [0.15, 0.2) is 5.11 Å². The lowest BCUT2D eigenvalue weighted by Crippen LogP contribution is -2.28. The summed E-state index contributed by atoms with van der Waals surface area (Å²) in [6, 6.07) is 16.7. The topological polar surface area (TPSA) is 54.8 Å². The SMILES string of the molecule is Fc1ccc(NC(=S)NCc2cccnc2-c2cnn(Cc3ccccc3)c2)c(Cl)c1Cl. The van der Waals surface area contributed by atoms with E-state index in [-0.39, 0.29) is 10.0 Å². The fraction of sp³-hybridized carbons (Fsp3) is 0.0870. The number of anilines is 1. The average Bonchev–Trinajstić information content (AvgIpc) is 3.27. The quantitative estimate of drug-likeness (QED) is 0.262. The van der Waals surface area contributed by atoms with Gasteiger partial charge in [-0.2, -0.15) is 5.10 Å². The lowest BCUT2D eigenvalue weighted by atomic mass is 10.1. The Bertz CT molecular complexity index is 1250. The molecule has 162 valence electrons. The molecule has 0 amide bonds. The Kier molecular flexibility index (Phi) is 6.99. The van der Waals surface area contributed by atoms with Crippen LogP contribution in [0.4, 0.5) is 10.1 Å². The number of pyridine rings is 1. The van der Waals surface area contributed by atoms with E-state index in [1.165, 1.54) is 17.7 Å². The Hall–Kier alpha value is -3.00. The van der Waals surface area contributed by atoms with E-state index in [1.807, 2.05) is 41.2 Å². The predicted octanol–water partition coefficient (Wildman–Crippen LogP) is 5.93. The van der Waals surface area contributed by atoms with Crippen molar-refractivity contribution in [2.75, 3.05) is 5.32 Å². The predicted molar refractivity (Wildman–Crippen MR) is 130 cm³/mol. The van der Waals surface area contributed by atoms with E-state index in [0.717, 1.165) is 16.8 Å². The highest BCUT2D eigenvalue weighted by atomic mass is 35.5. The number of benzene rings is 2. The van der Waals surface area contributed by atoms with Crippen molar-refractivity contribution in [3.8, 4) is 11.3 Å². The molecule has 0 aliphatic rings. The van der Waals surface area contributed by atoms with Crippen molar-refractivity contribution in [1.82, 2.24) is 20.1 Å². The standard InChI is InChI=1S/C23H18Cl2FN5S/c24-20-18(26)8-9-19(21(20)25)30-23(32)28-11-16-7-4-10-27-22(16)17-12-29-31(14-17)13-15-5-2-1-3-6-15/h1-10,12,14H,11,13H2,(H2,28,30,32). The Balaban J connectivity index is 1.44. The zero-order valence-corrected chi connectivity index (χ0v) is 19.1. The highest BCUT2D eigenvalue weighted by Crippen LogP contribution is 2.32. The monoisotopic (exact) mass is 485 g/mol. The highest BCUT2D eigenvalue weighted by molar-refractivity contribution is 7.80. The number of nitrogens with zero attached hydrogens (tertiary/aromatic N) is 3. The fourth-order valence-corrected chi connectivity index (χ4v) is 3.70. The van der Waals surface area contributed by atoms with Gasteiger partial charge in [0.05, 0.1) is 34.2 Å². The molecule has 9 heteroatoms. The third kappa shape index (κ3) is 5.24. The zero-order valence-electron chi connectivity index (χ0n) is 16.7. The van der Waals surface area contributed by atoms with E-state index in [9.17, 15) is 4.39 Å². The highest BCUT2D eigenvalue weighted by Gasteiger charge is 2.12. The molecule has 2 N–H and O–H groups in total. The Morgan fingerprint density at radius 3 is 2.66 bits per heavy atom. The van der Waals surface area contributed by atoms with Gasteiger partial charge in [-0.25, -0.2) is 4.39 Å². The zero-order chi connectivity index (χ0) is 22.5. The van der Waals surface area contributed by atoms with Crippen LogP contribution in [-0.4, -0.2) is 19.9 Å². The molecular weight excluding hydrogens is 468 g/mol. The van der Waals surface area contributed by atoms with E-state index < -0.39 is 5.82 Å². The first-order chi connectivity index (χ1) is 15.5. The summed E-state index contributed by atoms with van der Waals surface area (Å²) in [5, 5.41) is 10.8. The van der Waals surface area contributed by atoms with Crippen LogP contribution in [0, 0.1) is 5.82 Å². The summed E-state index contributed by atoms with van der Waals surface area (Å²) < 4.78 is 15.4. The van der Waals surface area contributed by atoms with Crippen LogP contribution in [0.15, 0.2) is 73.2 Å². The van der Waals surface area contributed by atoms with E-state index in [4.69, 9.17) is 35.4 Å². The maximum Gasteiger partial charge on any atom is 0.171 e. The molecule has 0 spiro atoms. The Morgan fingerprint density at radius 2 is 1.84 bits per heavy atom. The number of hydrogen-bond donors (Lipinski definition) is 2. The number of aromatic nitrogens is 3. The molecule has 0 saturated carbocycles. The minimum absolute atomic E-state index is 0.0729. The van der Waals surface area contributed by atoms with Gasteiger partial charge in [-0.05, 0) is 41.5 Å². The third-order valence-corrected chi connectivity index (χ3v) is 5.81. The molecule has 0 atom stereocenters. The number of halogens is 3. The first-order valence-corrected chi connectivity index (χ1v) is 10.9. The van der Waals surface area contributed by atoms with Crippen molar-refractivity contribution in [2.45, 2.75) is 13.1 Å². The van der Waals surface area contributed by atoms with Crippen molar-refractivity contribution in [3.63, 3.8) is 0 Å². The first-order valence-electron chi connectivity index (χ1n) is 9.70. The lowest BCUT2D eigenvalue weighted by molar-refractivity contribution is 0.628. The van der Waals surface area contributed by atoms with E-state index >= 15 is 0 Å². The number of hydrogen-bond acceptors (Lipinski definition) is 3. The molecule has 0 saturated heterocycles. The van der Waals surface area contributed by atoms with Crippen LogP contribution in [-0.2, 0) is 13.1 Å². The van der Waals surface area contributed by atoms with Crippen LogP contribution < -0.4 is 10.6 Å². The maximum absolute atomic E-state index is 13.5. The third-order valence-electron chi connectivity index (χ3n) is 4.71. The van der Waals surface area contributed by atoms with Crippen molar-refractivity contribution < 1.29 is 4.39 Å². The molecule has 0 radical (unpaired) electrons. The Labute approximate surface area is 200 Å². The van der Waals surface area contributed by atoms with Gasteiger partial charge in [0.2, 0.25) is 0 Å². The Morgan fingerprint density at radius 1 is 1.03 bits per heavy atom. The van der Waals surface area contributed by atoms with Crippen LogP contribution in [0.2, 0.25) is 10.0 Å². The fourth-order valence-electron chi connectivity index (χ4n) is 3.15. The van der Waals surface area contributed by atoms with Gasteiger partial charge in [-0.3, -0.25) is 9.67 Å². The second-order valence-corrected chi connectivity index (χ2v) is 8.12. The molecule has 2 heterocycles. The van der Waals surface area contributed by atoms with Crippen LogP contribution in [0.1, 0.15) is 11.1 Å². The summed E-state index contributed by atoms with van der Waals surface area (Å²) in [6.07, 6.45) is 5.51. The molecule has 0 fully saturated rings. The molecule has 4 aromatic rings. The van der Waals surface area contributed by atoms with Crippen molar-refractivity contribution in [1.29, 1.82) is 0 Å². The summed E-state index contributed by atoms with van der Waals surface area (Å²) in [6.45, 7) is 1.10. The lowest BCUT2D eigenvalue weighted by Gasteiger charge is -2.14. The molecule has 0 aliphatic carbocycles. The average molecular weight is 486 g/mol. The van der Waals surface area contributed by atoms with Gasteiger partial charge in [0.1, 0.15) is 5.82 Å². The molecule has 2 aromatic heterocycles. The summed E-state index contributed by atoms with van der Waals surface area (Å²) in [4.78, 5) is 4.53. The van der Waals surface area contributed by atoms with E-state index in [1.54, 1.807) is 12.4 Å². The molecule has 0 aliphatic heterocycles. The molecule has 4 rings (SSSR count). The molecule has 0 bridgehead atoms. The van der Waals surface area contributed by atoms with Gasteiger partial charge in [0, 0.05) is 24.5 Å². The minimum Gasteiger partial charge on any atom is -0.358 e. The first kappa shape index (κ1) is 22.2.